The Balaban J connectivity index is 2.04. The van der Waals surface area contributed by atoms with Gasteiger partial charge in [0, 0.05) is 10.7 Å². The van der Waals surface area contributed by atoms with Crippen molar-refractivity contribution in [2.75, 3.05) is 0 Å². The molecular formula is C20H13BrN4O. The molecule has 0 unspecified atom stereocenters. The van der Waals surface area contributed by atoms with Crippen molar-refractivity contribution in [3.63, 3.8) is 0 Å². The topological polar surface area (TPSA) is 73.4 Å². The first-order valence-corrected chi connectivity index (χ1v) is 8.76. The van der Waals surface area contributed by atoms with E-state index in [0.29, 0.717) is 28.0 Å². The van der Waals surface area contributed by atoms with Crippen LogP contribution in [0.3, 0.4) is 0 Å². The molecule has 4 aromatic rings. The standard InChI is InChI=1S/C20H13BrN4O/c1-12-13(10-22)19-24-17-8-4-5-9-18(17)25(19)20(26)14(12)11-23-16-7-3-2-6-15(16)21/h2-9,11,24H,1H3. The van der Waals surface area contributed by atoms with Crippen LogP contribution in [0.4, 0.5) is 5.69 Å². The Morgan fingerprint density at radius 2 is 1.92 bits per heavy atom. The molecule has 1 N–H and O–H groups in total. The Kier molecular flexibility index (Phi) is 3.94. The number of fused-ring (bicyclic) bond motifs is 3. The Labute approximate surface area is 157 Å². The van der Waals surface area contributed by atoms with Gasteiger partial charge in [0.25, 0.3) is 5.56 Å². The Hall–Kier alpha value is -3.17. The lowest BCUT2D eigenvalue weighted by atomic mass is 10.1. The quantitative estimate of drug-likeness (QED) is 0.500. The summed E-state index contributed by atoms with van der Waals surface area (Å²) in [5, 5.41) is 9.65. The third-order valence-corrected chi connectivity index (χ3v) is 5.04. The molecule has 4 rings (SSSR count). The number of hydrogen-bond donors (Lipinski definition) is 1. The summed E-state index contributed by atoms with van der Waals surface area (Å²) in [5.41, 5.74) is 4.02. The molecule has 0 aliphatic carbocycles. The number of H-pyrrole nitrogens is 1. The maximum Gasteiger partial charge on any atom is 0.265 e. The van der Waals surface area contributed by atoms with Gasteiger partial charge in [-0.05, 0) is 52.7 Å². The van der Waals surface area contributed by atoms with Crippen molar-refractivity contribution in [1.29, 1.82) is 5.26 Å². The molecule has 2 aromatic heterocycles. The average Bonchev–Trinajstić information content (AvgIpc) is 3.02. The molecule has 0 saturated heterocycles. The number of aromatic amines is 1. The van der Waals surface area contributed by atoms with Crippen LogP contribution in [0.1, 0.15) is 16.7 Å². The van der Waals surface area contributed by atoms with Crippen LogP contribution in [0.5, 0.6) is 0 Å². The van der Waals surface area contributed by atoms with Gasteiger partial charge < -0.3 is 4.98 Å². The van der Waals surface area contributed by atoms with Crippen LogP contribution >= 0.6 is 15.9 Å². The maximum absolute atomic E-state index is 13.1. The van der Waals surface area contributed by atoms with Crippen LogP contribution in [0.15, 0.2) is 62.8 Å². The minimum atomic E-state index is -0.204. The molecule has 0 bridgehead atoms. The molecule has 26 heavy (non-hydrogen) atoms. The lowest BCUT2D eigenvalue weighted by Gasteiger charge is -2.05. The van der Waals surface area contributed by atoms with Crippen LogP contribution in [0.25, 0.3) is 16.7 Å². The summed E-state index contributed by atoms with van der Waals surface area (Å²) in [6.07, 6.45) is 1.53. The van der Waals surface area contributed by atoms with Crippen LogP contribution in [-0.2, 0) is 0 Å². The van der Waals surface area contributed by atoms with E-state index in [1.165, 1.54) is 6.21 Å². The number of pyridine rings is 1. The predicted octanol–water partition coefficient (Wildman–Crippen LogP) is 4.47. The Morgan fingerprint density at radius 1 is 1.19 bits per heavy atom. The number of benzene rings is 2. The third kappa shape index (κ3) is 2.45. The molecule has 0 spiro atoms. The number of nitrogens with zero attached hydrogens (tertiary/aromatic N) is 3. The van der Waals surface area contributed by atoms with Gasteiger partial charge >= 0.3 is 0 Å². The highest BCUT2D eigenvalue weighted by Gasteiger charge is 2.17. The molecule has 0 fully saturated rings. The summed E-state index contributed by atoms with van der Waals surface area (Å²) < 4.78 is 2.38. The molecule has 0 saturated carbocycles. The van der Waals surface area contributed by atoms with E-state index in [9.17, 15) is 10.1 Å². The second-order valence-corrected chi connectivity index (χ2v) is 6.72. The molecule has 0 aliphatic rings. The highest BCUT2D eigenvalue weighted by atomic mass is 79.9. The van der Waals surface area contributed by atoms with E-state index in [4.69, 9.17) is 0 Å². The van der Waals surface area contributed by atoms with Crippen LogP contribution in [0, 0.1) is 18.3 Å². The van der Waals surface area contributed by atoms with Gasteiger partial charge in [-0.1, -0.05) is 24.3 Å². The van der Waals surface area contributed by atoms with Gasteiger partial charge in [0.1, 0.15) is 11.7 Å². The lowest BCUT2D eigenvalue weighted by Crippen LogP contribution is -2.20. The highest BCUT2D eigenvalue weighted by Crippen LogP contribution is 2.25. The first kappa shape index (κ1) is 16.3. The van der Waals surface area contributed by atoms with Gasteiger partial charge in [-0.3, -0.25) is 14.2 Å². The highest BCUT2D eigenvalue weighted by molar-refractivity contribution is 9.10. The van der Waals surface area contributed by atoms with Gasteiger partial charge in [0.15, 0.2) is 0 Å². The summed E-state index contributed by atoms with van der Waals surface area (Å²) in [6, 6.07) is 17.2. The van der Waals surface area contributed by atoms with Gasteiger partial charge in [-0.15, -0.1) is 0 Å². The first-order valence-electron chi connectivity index (χ1n) is 7.96. The van der Waals surface area contributed by atoms with Crippen molar-refractivity contribution in [2.45, 2.75) is 6.92 Å². The molecule has 0 aliphatic heterocycles. The second-order valence-electron chi connectivity index (χ2n) is 5.87. The lowest BCUT2D eigenvalue weighted by molar-refractivity contribution is 1.12. The van der Waals surface area contributed by atoms with E-state index in [-0.39, 0.29) is 5.56 Å². The molecule has 0 radical (unpaired) electrons. The number of nitriles is 1. The van der Waals surface area contributed by atoms with Crippen LogP contribution in [0.2, 0.25) is 0 Å². The van der Waals surface area contributed by atoms with Gasteiger partial charge in [0.2, 0.25) is 0 Å². The van der Waals surface area contributed by atoms with Crippen molar-refractivity contribution < 1.29 is 0 Å². The van der Waals surface area contributed by atoms with E-state index >= 15 is 0 Å². The van der Waals surface area contributed by atoms with E-state index in [1.807, 2.05) is 48.5 Å². The fourth-order valence-corrected chi connectivity index (χ4v) is 3.42. The largest absolute Gasteiger partial charge is 0.338 e. The number of para-hydroxylation sites is 3. The van der Waals surface area contributed by atoms with Crippen molar-refractivity contribution in [3.05, 3.63) is 80.0 Å². The molecule has 0 amide bonds. The van der Waals surface area contributed by atoms with Crippen molar-refractivity contribution >= 4 is 44.5 Å². The summed E-state index contributed by atoms with van der Waals surface area (Å²) in [6.45, 7) is 1.77. The van der Waals surface area contributed by atoms with E-state index < -0.39 is 0 Å². The maximum atomic E-state index is 13.1. The van der Waals surface area contributed by atoms with Gasteiger partial charge in [-0.2, -0.15) is 5.26 Å². The van der Waals surface area contributed by atoms with Gasteiger partial charge in [-0.25, -0.2) is 0 Å². The number of rotatable bonds is 2. The number of hydrogen-bond acceptors (Lipinski definition) is 3. The zero-order chi connectivity index (χ0) is 18.3. The zero-order valence-electron chi connectivity index (χ0n) is 13.8. The molecule has 6 heteroatoms. The predicted molar refractivity (Wildman–Crippen MR) is 106 cm³/mol. The molecule has 2 aromatic carbocycles. The van der Waals surface area contributed by atoms with Crippen molar-refractivity contribution in [3.8, 4) is 6.07 Å². The number of nitrogens with one attached hydrogen (secondary N) is 1. The van der Waals surface area contributed by atoms with Gasteiger partial charge in [0.05, 0.1) is 27.8 Å². The smallest absolute Gasteiger partial charge is 0.265 e. The summed E-state index contributed by atoms with van der Waals surface area (Å²) in [5.74, 6) is 0. The number of halogens is 1. The van der Waals surface area contributed by atoms with Crippen LogP contribution < -0.4 is 5.56 Å². The third-order valence-electron chi connectivity index (χ3n) is 4.37. The number of aliphatic imine (C=N–C) groups is 1. The first-order chi connectivity index (χ1) is 12.6. The molecule has 126 valence electrons. The van der Waals surface area contributed by atoms with E-state index in [2.05, 4.69) is 32.0 Å². The summed E-state index contributed by atoms with van der Waals surface area (Å²) in [7, 11) is 0. The molecule has 0 atom stereocenters. The fourth-order valence-electron chi connectivity index (χ4n) is 3.04. The number of imidazole rings is 1. The fraction of sp³-hybridized carbons (Fsp3) is 0.0500. The zero-order valence-corrected chi connectivity index (χ0v) is 15.4. The van der Waals surface area contributed by atoms with Crippen molar-refractivity contribution in [1.82, 2.24) is 9.38 Å². The summed E-state index contributed by atoms with van der Waals surface area (Å²) in [4.78, 5) is 20.7. The molecule has 5 nitrogen and oxygen atoms in total. The Morgan fingerprint density at radius 3 is 2.69 bits per heavy atom. The summed E-state index contributed by atoms with van der Waals surface area (Å²) >= 11 is 3.45. The van der Waals surface area contributed by atoms with E-state index in [0.717, 1.165) is 15.5 Å². The van der Waals surface area contributed by atoms with E-state index in [1.54, 1.807) is 11.3 Å². The average molecular weight is 405 g/mol. The Bertz CT molecular complexity index is 1290. The molecular weight excluding hydrogens is 392 g/mol. The number of aromatic nitrogens is 2. The SMILES string of the molecule is Cc1c(C=Nc2ccccc2Br)c(=O)n2c([nH]c3ccccc32)c1C#N. The molecule has 2 heterocycles. The van der Waals surface area contributed by atoms with Crippen LogP contribution in [-0.4, -0.2) is 15.6 Å². The minimum Gasteiger partial charge on any atom is -0.338 e. The normalized spacial score (nSPS) is 11.4. The minimum absolute atomic E-state index is 0.204. The van der Waals surface area contributed by atoms with Crippen molar-refractivity contribution in [2.24, 2.45) is 4.99 Å². The monoisotopic (exact) mass is 404 g/mol. The second kappa shape index (κ2) is 6.28.